The van der Waals surface area contributed by atoms with Gasteiger partial charge in [0.05, 0.1) is 11.0 Å². The van der Waals surface area contributed by atoms with Gasteiger partial charge in [0.15, 0.2) is 0 Å². The van der Waals surface area contributed by atoms with Crippen LogP contribution in [0.1, 0.15) is 0 Å². The van der Waals surface area contributed by atoms with Gasteiger partial charge in [-0.05, 0) is 69.2 Å². The van der Waals surface area contributed by atoms with Crippen molar-refractivity contribution in [1.29, 1.82) is 0 Å². The van der Waals surface area contributed by atoms with Gasteiger partial charge in [-0.25, -0.2) is 0 Å². The first-order chi connectivity index (χ1) is 27.3. The predicted molar refractivity (Wildman–Crippen MR) is 225 cm³/mol. The van der Waals surface area contributed by atoms with E-state index in [1.54, 1.807) is 0 Å². The number of benzene rings is 8. The zero-order chi connectivity index (χ0) is 35.3. The molecule has 0 unspecified atom stereocenters. The zero-order valence-electron chi connectivity index (χ0n) is 29.1. The third-order valence-corrected chi connectivity index (χ3v) is 13.0. The molecule has 0 amide bonds. The first kappa shape index (κ1) is 27.5. The van der Waals surface area contributed by atoms with Gasteiger partial charge in [0, 0.05) is 66.9 Å². The quantitative estimate of drug-likeness (QED) is 0.153. The summed E-state index contributed by atoms with van der Waals surface area (Å²) in [4.78, 5) is 0. The Hall–Kier alpha value is -7.11. The van der Waals surface area contributed by atoms with E-state index in [9.17, 15) is 0 Å². The summed E-state index contributed by atoms with van der Waals surface area (Å²) in [5, 5.41) is 7.26. The lowest BCUT2D eigenvalue weighted by Gasteiger charge is -2.33. The van der Waals surface area contributed by atoms with E-state index in [4.69, 9.17) is 13.9 Å². The van der Waals surface area contributed by atoms with Gasteiger partial charge in [0.2, 0.25) is 0 Å². The lowest BCUT2D eigenvalue weighted by molar-refractivity contribution is 0.485. The molecular weight excluding hydrogens is 674 g/mol. The second-order valence-corrected chi connectivity index (χ2v) is 15.5. The van der Waals surface area contributed by atoms with E-state index in [0.717, 1.165) is 55.9 Å². The molecule has 7 heterocycles. The molecule has 11 aromatic rings. The maximum Gasteiger partial charge on any atom is 0.256 e. The molecule has 55 heavy (non-hydrogen) atoms. The number of hydrogen-bond donors (Lipinski definition) is 0. The number of furan rings is 1. The monoisotopic (exact) mass is 698 g/mol. The summed E-state index contributed by atoms with van der Waals surface area (Å²) in [6.45, 7) is 0.0242. The minimum absolute atomic E-state index is 0.0121. The van der Waals surface area contributed by atoms with Crippen molar-refractivity contribution < 1.29 is 13.9 Å². The smallest absolute Gasteiger partial charge is 0.256 e. The van der Waals surface area contributed by atoms with E-state index in [0.29, 0.717) is 0 Å². The standard InChI is InChI=1S/C48H24B2N2O3/c1-3-15-35-25(9-1)27-11-5-13-31-47(27)51(35)37-17-7-19-39-45(37)49(31)33-21-29-30-22-34-44(24-42(30)55-41(29)23-43(33)53-39)54-40-20-8-18-38-46(40)50(34)32-14-6-12-28-26-10-2-4-16-36(26)52(38)48(28)32/h1-24H. The molecule has 0 saturated carbocycles. The van der Waals surface area contributed by atoms with Crippen LogP contribution in [-0.2, 0) is 0 Å². The summed E-state index contributed by atoms with van der Waals surface area (Å²) in [5.41, 5.74) is 16.3. The Morgan fingerprint density at radius 1 is 0.364 bits per heavy atom. The van der Waals surface area contributed by atoms with Gasteiger partial charge in [-0.3, -0.25) is 0 Å². The molecule has 0 radical (unpaired) electrons. The number of fused-ring (bicyclic) bond motifs is 17. The van der Waals surface area contributed by atoms with E-state index < -0.39 is 0 Å². The van der Waals surface area contributed by atoms with Crippen LogP contribution >= 0.6 is 0 Å². The molecule has 0 N–H and O–H groups in total. The average Bonchev–Trinajstić information content (AvgIpc) is 3.87. The fourth-order valence-electron chi connectivity index (χ4n) is 11.0. The second kappa shape index (κ2) is 9.15. The van der Waals surface area contributed by atoms with Gasteiger partial charge in [0.25, 0.3) is 13.4 Å². The summed E-state index contributed by atoms with van der Waals surface area (Å²) in [5.74, 6) is 3.47. The van der Waals surface area contributed by atoms with Crippen LogP contribution < -0.4 is 42.3 Å². The van der Waals surface area contributed by atoms with Crippen LogP contribution in [0.5, 0.6) is 23.0 Å². The third kappa shape index (κ3) is 3.09. The molecule has 3 aromatic heterocycles. The molecule has 0 saturated heterocycles. The van der Waals surface area contributed by atoms with Crippen LogP contribution in [0, 0.1) is 0 Å². The number of aromatic nitrogens is 2. The van der Waals surface area contributed by atoms with Crippen molar-refractivity contribution in [1.82, 2.24) is 9.13 Å². The zero-order valence-corrected chi connectivity index (χ0v) is 29.1. The van der Waals surface area contributed by atoms with Crippen LogP contribution in [0.4, 0.5) is 0 Å². The van der Waals surface area contributed by atoms with E-state index in [1.165, 1.54) is 76.8 Å². The highest BCUT2D eigenvalue weighted by molar-refractivity contribution is 7.00. The minimum Gasteiger partial charge on any atom is -0.458 e. The lowest BCUT2D eigenvalue weighted by atomic mass is 9.34. The van der Waals surface area contributed by atoms with Crippen LogP contribution in [0.2, 0.25) is 0 Å². The van der Waals surface area contributed by atoms with E-state index in [2.05, 4.69) is 155 Å². The number of rotatable bonds is 0. The Morgan fingerprint density at radius 2 is 0.818 bits per heavy atom. The first-order valence-electron chi connectivity index (χ1n) is 19.0. The number of ether oxygens (including phenoxy) is 2. The topological polar surface area (TPSA) is 41.5 Å². The highest BCUT2D eigenvalue weighted by Gasteiger charge is 2.43. The van der Waals surface area contributed by atoms with Crippen molar-refractivity contribution >= 4 is 112 Å². The lowest BCUT2D eigenvalue weighted by Crippen LogP contribution is -2.58. The second-order valence-electron chi connectivity index (χ2n) is 15.5. The Kier molecular flexibility index (Phi) is 4.57. The van der Waals surface area contributed by atoms with Crippen LogP contribution in [0.15, 0.2) is 150 Å². The van der Waals surface area contributed by atoms with Gasteiger partial charge in [-0.2, -0.15) is 0 Å². The molecule has 0 fully saturated rings. The van der Waals surface area contributed by atoms with Crippen LogP contribution in [-0.4, -0.2) is 22.6 Å². The van der Waals surface area contributed by atoms with E-state index in [-0.39, 0.29) is 13.4 Å². The molecule has 15 rings (SSSR count). The fraction of sp³-hybridized carbons (Fsp3) is 0. The number of nitrogens with zero attached hydrogens (tertiary/aromatic N) is 2. The molecule has 8 aromatic carbocycles. The molecular formula is C48H24B2N2O3. The van der Waals surface area contributed by atoms with Gasteiger partial charge < -0.3 is 23.0 Å². The van der Waals surface area contributed by atoms with Crippen molar-refractivity contribution in [3.05, 3.63) is 146 Å². The Labute approximate surface area is 313 Å². The van der Waals surface area contributed by atoms with Crippen molar-refractivity contribution in [2.45, 2.75) is 0 Å². The number of para-hydroxylation sites is 4. The van der Waals surface area contributed by atoms with Crippen molar-refractivity contribution in [3.8, 4) is 34.4 Å². The molecule has 250 valence electrons. The molecule has 0 aliphatic carbocycles. The van der Waals surface area contributed by atoms with Crippen molar-refractivity contribution in [2.24, 2.45) is 0 Å². The molecule has 4 aliphatic rings. The molecule has 0 bridgehead atoms. The highest BCUT2D eigenvalue weighted by atomic mass is 16.5. The molecule has 0 atom stereocenters. The van der Waals surface area contributed by atoms with E-state index in [1.807, 2.05) is 0 Å². The van der Waals surface area contributed by atoms with Crippen LogP contribution in [0.3, 0.4) is 0 Å². The van der Waals surface area contributed by atoms with Crippen molar-refractivity contribution in [2.75, 3.05) is 0 Å². The number of hydrogen-bond acceptors (Lipinski definition) is 3. The molecule has 7 heteroatoms. The van der Waals surface area contributed by atoms with Crippen LogP contribution in [0.25, 0.3) is 76.9 Å². The van der Waals surface area contributed by atoms with Crippen molar-refractivity contribution in [3.63, 3.8) is 0 Å². The third-order valence-electron chi connectivity index (χ3n) is 13.0. The minimum atomic E-state index is 0.0121. The molecule has 5 nitrogen and oxygen atoms in total. The summed E-state index contributed by atoms with van der Waals surface area (Å²) in [6, 6.07) is 52.9. The van der Waals surface area contributed by atoms with Gasteiger partial charge in [0.1, 0.15) is 34.2 Å². The van der Waals surface area contributed by atoms with Gasteiger partial charge >= 0.3 is 0 Å². The van der Waals surface area contributed by atoms with E-state index >= 15 is 0 Å². The van der Waals surface area contributed by atoms with Gasteiger partial charge in [-0.15, -0.1) is 0 Å². The van der Waals surface area contributed by atoms with Gasteiger partial charge in [-0.1, -0.05) is 97.1 Å². The maximum atomic E-state index is 6.82. The highest BCUT2D eigenvalue weighted by Crippen LogP contribution is 2.42. The predicted octanol–water partition coefficient (Wildman–Crippen LogP) is 7.65. The summed E-state index contributed by atoms with van der Waals surface area (Å²) >= 11 is 0. The normalized spacial score (nSPS) is 14.0. The molecule has 4 aliphatic heterocycles. The summed E-state index contributed by atoms with van der Waals surface area (Å²) in [6.07, 6.45) is 0. The average molecular weight is 698 g/mol. The largest absolute Gasteiger partial charge is 0.458 e. The Balaban J connectivity index is 0.999. The summed E-state index contributed by atoms with van der Waals surface area (Å²) in [7, 11) is 0. The SMILES string of the molecule is c1cc2c3c(c1)-n1c4ccccc4c4cccc(c41)B3c1cc3c(cc1O2)oc1cc2c(cc13)B1c3c(cccc3-n3c4ccccc4c4cccc1c43)O2. The fourth-order valence-corrected chi connectivity index (χ4v) is 11.0. The Bertz CT molecular complexity index is 3410. The summed E-state index contributed by atoms with van der Waals surface area (Å²) < 4.78 is 25.2. The first-order valence-corrected chi connectivity index (χ1v) is 19.0. The molecule has 0 spiro atoms. The maximum absolute atomic E-state index is 6.82. The Morgan fingerprint density at radius 3 is 1.33 bits per heavy atom.